The van der Waals surface area contributed by atoms with Gasteiger partial charge in [-0.25, -0.2) is 10.0 Å². The highest BCUT2D eigenvalue weighted by Gasteiger charge is 2.43. The SMILES string of the molecule is CC1(C)C2=NCCN2N=NN2CCN=C21.Cl.Cl. The van der Waals surface area contributed by atoms with Crippen LogP contribution in [0.1, 0.15) is 13.8 Å². The van der Waals surface area contributed by atoms with Gasteiger partial charge in [0.1, 0.15) is 11.7 Å². The van der Waals surface area contributed by atoms with E-state index in [1.807, 2.05) is 10.0 Å². The molecule has 0 aromatic carbocycles. The van der Waals surface area contributed by atoms with Gasteiger partial charge in [-0.1, -0.05) is 0 Å². The largest absolute Gasteiger partial charge is 0.268 e. The molecule has 0 unspecified atom stereocenters. The molecule has 6 nitrogen and oxygen atoms in total. The van der Waals surface area contributed by atoms with Gasteiger partial charge in [0.05, 0.1) is 31.6 Å². The summed E-state index contributed by atoms with van der Waals surface area (Å²) in [7, 11) is 0. The Morgan fingerprint density at radius 1 is 0.882 bits per heavy atom. The first-order valence-corrected chi connectivity index (χ1v) is 5.26. The normalized spacial score (nSPS) is 23.9. The smallest absolute Gasteiger partial charge is 0.135 e. The van der Waals surface area contributed by atoms with Crippen molar-refractivity contribution in [1.29, 1.82) is 0 Å². The van der Waals surface area contributed by atoms with Gasteiger partial charge >= 0.3 is 0 Å². The molecule has 3 aliphatic heterocycles. The van der Waals surface area contributed by atoms with E-state index in [2.05, 4.69) is 34.3 Å². The second-order valence-corrected chi connectivity index (χ2v) is 4.46. The third-order valence-electron chi connectivity index (χ3n) is 3.01. The summed E-state index contributed by atoms with van der Waals surface area (Å²) >= 11 is 0. The monoisotopic (exact) mass is 278 g/mol. The summed E-state index contributed by atoms with van der Waals surface area (Å²) in [5, 5.41) is 12.2. The van der Waals surface area contributed by atoms with E-state index in [0.717, 1.165) is 37.9 Å². The first-order valence-electron chi connectivity index (χ1n) is 5.26. The minimum atomic E-state index is -0.170. The first kappa shape index (κ1) is 14.2. The van der Waals surface area contributed by atoms with Crippen molar-refractivity contribution >= 4 is 36.5 Å². The number of amidine groups is 2. The van der Waals surface area contributed by atoms with Gasteiger partial charge < -0.3 is 0 Å². The second kappa shape index (κ2) is 4.78. The van der Waals surface area contributed by atoms with Gasteiger partial charge in [-0.15, -0.1) is 24.8 Å². The molecule has 0 fully saturated rings. The number of nitrogens with zero attached hydrogens (tertiary/aromatic N) is 6. The van der Waals surface area contributed by atoms with Crippen LogP contribution in [0.15, 0.2) is 20.4 Å². The zero-order chi connectivity index (χ0) is 10.5. The van der Waals surface area contributed by atoms with Crippen LogP contribution in [0.4, 0.5) is 0 Å². The predicted octanol–water partition coefficient (Wildman–Crippen LogP) is 1.58. The molecular weight excluding hydrogens is 263 g/mol. The average molecular weight is 279 g/mol. The van der Waals surface area contributed by atoms with Crippen molar-refractivity contribution in [3.8, 4) is 0 Å². The molecule has 0 atom stereocenters. The maximum Gasteiger partial charge on any atom is 0.135 e. The number of hydrogen-bond donors (Lipinski definition) is 0. The Hall–Kier alpha value is -0.880. The zero-order valence-electron chi connectivity index (χ0n) is 9.83. The molecule has 0 bridgehead atoms. The van der Waals surface area contributed by atoms with Crippen molar-refractivity contribution in [1.82, 2.24) is 10.0 Å². The minimum absolute atomic E-state index is 0. The van der Waals surface area contributed by atoms with Crippen molar-refractivity contribution in [2.75, 3.05) is 26.2 Å². The molecule has 0 saturated carbocycles. The summed E-state index contributed by atoms with van der Waals surface area (Å²) < 4.78 is 0. The third-order valence-corrected chi connectivity index (χ3v) is 3.01. The number of halogens is 2. The van der Waals surface area contributed by atoms with Crippen LogP contribution in [0.3, 0.4) is 0 Å². The molecule has 3 aliphatic rings. The molecule has 0 aromatic heterocycles. The Balaban J connectivity index is 0.000000722. The Labute approximate surface area is 113 Å². The highest BCUT2D eigenvalue weighted by Crippen LogP contribution is 2.31. The molecule has 3 heterocycles. The molecule has 0 saturated heterocycles. The van der Waals surface area contributed by atoms with Crippen LogP contribution in [0.2, 0.25) is 0 Å². The zero-order valence-corrected chi connectivity index (χ0v) is 11.5. The van der Waals surface area contributed by atoms with Gasteiger partial charge in [-0.2, -0.15) is 0 Å². The lowest BCUT2D eigenvalue weighted by Gasteiger charge is -2.27. The molecule has 96 valence electrons. The van der Waals surface area contributed by atoms with E-state index in [1.54, 1.807) is 0 Å². The topological polar surface area (TPSA) is 55.9 Å². The Bertz CT molecular complexity index is 355. The molecule has 8 heteroatoms. The lowest BCUT2D eigenvalue weighted by atomic mass is 9.89. The standard InChI is InChI=1S/C9H14N6.2ClH/c1-9(2)7-10-3-5-14(7)12-13-15-6-4-11-8(9)15;;/h3-6H2,1-2H3;2*1H. The van der Waals surface area contributed by atoms with Crippen LogP contribution in [0.25, 0.3) is 0 Å². The lowest BCUT2D eigenvalue weighted by molar-refractivity contribution is 0.372. The molecule has 17 heavy (non-hydrogen) atoms. The summed E-state index contributed by atoms with van der Waals surface area (Å²) in [6, 6.07) is 0. The van der Waals surface area contributed by atoms with Crippen molar-refractivity contribution in [3.63, 3.8) is 0 Å². The maximum absolute atomic E-state index is 4.51. The van der Waals surface area contributed by atoms with Crippen molar-refractivity contribution in [2.24, 2.45) is 25.8 Å². The van der Waals surface area contributed by atoms with Gasteiger partial charge in [0.2, 0.25) is 0 Å². The summed E-state index contributed by atoms with van der Waals surface area (Å²) in [4.78, 5) is 9.02. The second-order valence-electron chi connectivity index (χ2n) is 4.46. The fraction of sp³-hybridized carbons (Fsp3) is 0.778. The van der Waals surface area contributed by atoms with Crippen LogP contribution in [-0.4, -0.2) is 47.9 Å². The van der Waals surface area contributed by atoms with Gasteiger partial charge in [0.25, 0.3) is 0 Å². The van der Waals surface area contributed by atoms with E-state index in [0.29, 0.717) is 0 Å². The van der Waals surface area contributed by atoms with Gasteiger partial charge in [-0.05, 0) is 24.3 Å². The van der Waals surface area contributed by atoms with Crippen LogP contribution >= 0.6 is 24.8 Å². The molecule has 0 spiro atoms. The van der Waals surface area contributed by atoms with E-state index in [4.69, 9.17) is 0 Å². The summed E-state index contributed by atoms with van der Waals surface area (Å²) in [5.74, 6) is 1.99. The lowest BCUT2D eigenvalue weighted by Crippen LogP contribution is -2.42. The molecule has 0 aliphatic carbocycles. The Morgan fingerprint density at radius 3 is 1.71 bits per heavy atom. The molecule has 3 rings (SSSR count). The van der Waals surface area contributed by atoms with E-state index in [1.165, 1.54) is 0 Å². The fourth-order valence-electron chi connectivity index (χ4n) is 2.29. The predicted molar refractivity (Wildman–Crippen MR) is 71.1 cm³/mol. The van der Waals surface area contributed by atoms with E-state index < -0.39 is 0 Å². The van der Waals surface area contributed by atoms with E-state index >= 15 is 0 Å². The molecule has 0 N–H and O–H groups in total. The summed E-state index contributed by atoms with van der Waals surface area (Å²) in [5.41, 5.74) is -0.170. The minimum Gasteiger partial charge on any atom is -0.268 e. The number of fused-ring (bicyclic) bond motifs is 2. The van der Waals surface area contributed by atoms with Crippen molar-refractivity contribution in [3.05, 3.63) is 0 Å². The molecule has 0 radical (unpaired) electrons. The highest BCUT2D eigenvalue weighted by atomic mass is 35.5. The summed E-state index contributed by atoms with van der Waals surface area (Å²) in [6.07, 6.45) is 0. The third kappa shape index (κ3) is 1.99. The average Bonchev–Trinajstić information content (AvgIpc) is 2.82. The van der Waals surface area contributed by atoms with Crippen molar-refractivity contribution in [2.45, 2.75) is 13.8 Å². The number of aliphatic imine (C=N–C) groups is 2. The van der Waals surface area contributed by atoms with Crippen LogP contribution in [0.5, 0.6) is 0 Å². The Kier molecular flexibility index (Phi) is 3.99. The molecular formula is C9H16Cl2N6. The Morgan fingerprint density at radius 2 is 1.29 bits per heavy atom. The molecule has 0 aromatic rings. The van der Waals surface area contributed by atoms with Crippen LogP contribution < -0.4 is 0 Å². The fourth-order valence-corrected chi connectivity index (χ4v) is 2.29. The quantitative estimate of drug-likeness (QED) is 0.676. The van der Waals surface area contributed by atoms with Crippen LogP contribution in [-0.2, 0) is 0 Å². The van der Waals surface area contributed by atoms with Gasteiger partial charge in [0.15, 0.2) is 0 Å². The van der Waals surface area contributed by atoms with Gasteiger partial charge in [0, 0.05) is 0 Å². The van der Waals surface area contributed by atoms with E-state index in [9.17, 15) is 0 Å². The number of rotatable bonds is 0. The molecule has 0 amide bonds. The van der Waals surface area contributed by atoms with E-state index in [-0.39, 0.29) is 30.2 Å². The first-order chi connectivity index (χ1) is 7.19. The maximum atomic E-state index is 4.51. The van der Waals surface area contributed by atoms with Gasteiger partial charge in [-0.3, -0.25) is 9.98 Å². The van der Waals surface area contributed by atoms with Crippen molar-refractivity contribution < 1.29 is 0 Å². The summed E-state index contributed by atoms with van der Waals surface area (Å²) in [6.45, 7) is 7.57. The highest BCUT2D eigenvalue weighted by molar-refractivity contribution is 6.10. The van der Waals surface area contributed by atoms with Crippen LogP contribution in [0, 0.1) is 5.41 Å². The number of hydrogen-bond acceptors (Lipinski definition) is 6.